The van der Waals surface area contributed by atoms with Crippen LogP contribution in [0.2, 0.25) is 0 Å². The molecule has 2 aromatic heterocycles. The summed E-state index contributed by atoms with van der Waals surface area (Å²) in [6, 6.07) is 3.41. The fourth-order valence-corrected chi connectivity index (χ4v) is 4.28. The normalized spacial score (nSPS) is 23.8. The Kier molecular flexibility index (Phi) is 7.11. The number of pyridine rings is 1. The third-order valence-electron chi connectivity index (χ3n) is 5.58. The maximum atomic E-state index is 12.9. The number of hydrogen-bond donors (Lipinski definition) is 1. The molecule has 0 radical (unpaired) electrons. The molecule has 150 valence electrons. The average Bonchev–Trinajstić information content (AvgIpc) is 3.15. The van der Waals surface area contributed by atoms with E-state index in [0.29, 0.717) is 29.6 Å². The molecular weight excluding hydrogens is 385 g/mol. The molecule has 2 saturated heterocycles. The zero-order chi connectivity index (χ0) is 17.6. The van der Waals surface area contributed by atoms with Crippen molar-refractivity contribution in [2.75, 3.05) is 7.05 Å². The third kappa shape index (κ3) is 4.39. The second-order valence-corrected chi connectivity index (χ2v) is 8.04. The molecule has 2 fully saturated rings. The highest BCUT2D eigenvalue weighted by molar-refractivity contribution is 5.96. The summed E-state index contributed by atoms with van der Waals surface area (Å²) in [4.78, 5) is 19.4. The number of aromatic nitrogens is 3. The fraction of sp³-hybridized carbons (Fsp3) is 0.632. The van der Waals surface area contributed by atoms with Crippen LogP contribution >= 0.6 is 24.8 Å². The van der Waals surface area contributed by atoms with Crippen LogP contribution in [0.15, 0.2) is 18.5 Å². The Morgan fingerprint density at radius 1 is 1.26 bits per heavy atom. The lowest BCUT2D eigenvalue weighted by Gasteiger charge is -2.35. The van der Waals surface area contributed by atoms with Gasteiger partial charge in [-0.25, -0.2) is 9.67 Å². The number of fused-ring (bicyclic) bond motifs is 3. The van der Waals surface area contributed by atoms with Gasteiger partial charge in [-0.1, -0.05) is 13.8 Å². The van der Waals surface area contributed by atoms with E-state index in [1.165, 1.54) is 12.8 Å². The van der Waals surface area contributed by atoms with Gasteiger partial charge in [0.1, 0.15) is 0 Å². The van der Waals surface area contributed by atoms with Gasteiger partial charge in [-0.2, -0.15) is 5.10 Å². The Morgan fingerprint density at radius 2 is 1.93 bits per heavy atom. The highest BCUT2D eigenvalue weighted by atomic mass is 35.5. The lowest BCUT2D eigenvalue weighted by atomic mass is 9.98. The minimum atomic E-state index is 0. The molecule has 0 aromatic carbocycles. The Morgan fingerprint density at radius 3 is 2.56 bits per heavy atom. The maximum Gasteiger partial charge on any atom is 0.255 e. The van der Waals surface area contributed by atoms with E-state index >= 15 is 0 Å². The quantitative estimate of drug-likeness (QED) is 0.834. The van der Waals surface area contributed by atoms with Crippen molar-refractivity contribution in [1.29, 1.82) is 0 Å². The largest absolute Gasteiger partial charge is 0.339 e. The van der Waals surface area contributed by atoms with Gasteiger partial charge in [0.05, 0.1) is 11.8 Å². The number of nitrogens with one attached hydrogen (secondary N) is 1. The zero-order valence-electron chi connectivity index (χ0n) is 16.1. The van der Waals surface area contributed by atoms with E-state index in [1.807, 2.05) is 28.9 Å². The van der Waals surface area contributed by atoms with Crippen LogP contribution in [0.25, 0.3) is 11.0 Å². The smallest absolute Gasteiger partial charge is 0.255 e. The highest BCUT2D eigenvalue weighted by Gasteiger charge is 2.36. The average molecular weight is 414 g/mol. The van der Waals surface area contributed by atoms with Gasteiger partial charge in [0.2, 0.25) is 0 Å². The van der Waals surface area contributed by atoms with E-state index in [9.17, 15) is 4.79 Å². The van der Waals surface area contributed by atoms with Crippen molar-refractivity contribution in [3.63, 3.8) is 0 Å². The zero-order valence-corrected chi connectivity index (χ0v) is 17.7. The molecule has 27 heavy (non-hydrogen) atoms. The van der Waals surface area contributed by atoms with Gasteiger partial charge in [-0.05, 0) is 37.7 Å². The first kappa shape index (κ1) is 21.9. The summed E-state index contributed by atoms with van der Waals surface area (Å²) in [5.41, 5.74) is 1.51. The van der Waals surface area contributed by atoms with Crippen LogP contribution in [0.5, 0.6) is 0 Å². The number of amides is 1. The number of rotatable bonds is 4. The topological polar surface area (TPSA) is 63.1 Å². The number of hydrogen-bond acceptors (Lipinski definition) is 4. The van der Waals surface area contributed by atoms with E-state index < -0.39 is 0 Å². The van der Waals surface area contributed by atoms with Gasteiger partial charge in [-0.3, -0.25) is 4.79 Å². The third-order valence-corrected chi connectivity index (χ3v) is 5.58. The first-order chi connectivity index (χ1) is 12.0. The van der Waals surface area contributed by atoms with Gasteiger partial charge < -0.3 is 10.2 Å². The molecule has 8 heteroatoms. The van der Waals surface area contributed by atoms with Crippen LogP contribution in [0.4, 0.5) is 0 Å². The maximum absolute atomic E-state index is 12.9. The van der Waals surface area contributed by atoms with Gasteiger partial charge in [0.25, 0.3) is 5.91 Å². The molecule has 2 bridgehead atoms. The standard InChI is InChI=1S/C19H27N5O.2ClH/c1-12(2)11-24-18-13(10-21-24)6-14(9-20-18)19(25)23(3)17-7-15-4-5-16(8-17)22-15;;/h6,9-10,12,15-17,22H,4-5,7-8,11H2,1-3H3;2*1H. The van der Waals surface area contributed by atoms with Crippen LogP contribution < -0.4 is 5.32 Å². The number of carbonyl (C=O) groups excluding carboxylic acids is 1. The lowest BCUT2D eigenvalue weighted by molar-refractivity contribution is 0.0681. The van der Waals surface area contributed by atoms with E-state index in [0.717, 1.165) is 30.4 Å². The predicted molar refractivity (Wildman–Crippen MR) is 112 cm³/mol. The molecule has 2 aliphatic rings. The van der Waals surface area contributed by atoms with Gasteiger partial charge >= 0.3 is 0 Å². The summed E-state index contributed by atoms with van der Waals surface area (Å²) in [7, 11) is 1.93. The van der Waals surface area contributed by atoms with Crippen molar-refractivity contribution in [2.24, 2.45) is 5.92 Å². The van der Waals surface area contributed by atoms with Gasteiger partial charge in [-0.15, -0.1) is 24.8 Å². The SMILES string of the molecule is CC(C)Cn1ncc2cc(C(=O)N(C)C3CC4CCC(C3)N4)cnc21.Cl.Cl. The Labute approximate surface area is 172 Å². The molecule has 0 saturated carbocycles. The second kappa shape index (κ2) is 8.76. The van der Waals surface area contributed by atoms with Crippen LogP contribution in [-0.4, -0.2) is 50.7 Å². The van der Waals surface area contributed by atoms with Crippen LogP contribution in [-0.2, 0) is 6.54 Å². The van der Waals surface area contributed by atoms with Crippen molar-refractivity contribution in [1.82, 2.24) is 25.0 Å². The van der Waals surface area contributed by atoms with Crippen molar-refractivity contribution >= 4 is 41.8 Å². The number of nitrogens with zero attached hydrogens (tertiary/aromatic N) is 4. The Hall–Kier alpha value is -1.37. The van der Waals surface area contributed by atoms with Gasteiger partial charge in [0, 0.05) is 43.3 Å². The highest BCUT2D eigenvalue weighted by Crippen LogP contribution is 2.30. The molecule has 0 aliphatic carbocycles. The molecular formula is C19H29Cl2N5O. The minimum Gasteiger partial charge on any atom is -0.339 e. The number of carbonyl (C=O) groups is 1. The van der Waals surface area contributed by atoms with Crippen molar-refractivity contribution in [2.45, 2.75) is 64.2 Å². The van der Waals surface area contributed by atoms with Crippen LogP contribution in [0, 0.1) is 5.92 Å². The van der Waals surface area contributed by atoms with Crippen molar-refractivity contribution in [3.05, 3.63) is 24.0 Å². The first-order valence-corrected chi connectivity index (χ1v) is 9.36. The summed E-state index contributed by atoms with van der Waals surface area (Å²) in [5.74, 6) is 0.574. The first-order valence-electron chi connectivity index (χ1n) is 9.36. The van der Waals surface area contributed by atoms with E-state index in [1.54, 1.807) is 6.20 Å². The Bertz CT molecular complexity index is 781. The summed E-state index contributed by atoms with van der Waals surface area (Å²) in [6.07, 6.45) is 8.11. The van der Waals surface area contributed by atoms with E-state index in [-0.39, 0.29) is 30.7 Å². The molecule has 2 aliphatic heterocycles. The van der Waals surface area contributed by atoms with Crippen molar-refractivity contribution in [3.8, 4) is 0 Å². The number of piperidine rings is 1. The molecule has 6 nitrogen and oxygen atoms in total. The molecule has 0 spiro atoms. The van der Waals surface area contributed by atoms with Crippen LogP contribution in [0.1, 0.15) is 49.9 Å². The monoisotopic (exact) mass is 413 g/mol. The molecule has 1 amide bonds. The second-order valence-electron chi connectivity index (χ2n) is 8.04. The van der Waals surface area contributed by atoms with Crippen molar-refractivity contribution < 1.29 is 4.79 Å². The molecule has 1 N–H and O–H groups in total. The summed E-state index contributed by atoms with van der Waals surface area (Å²) in [6.45, 7) is 5.15. The van der Waals surface area contributed by atoms with Crippen LogP contribution in [0.3, 0.4) is 0 Å². The number of halogens is 2. The molecule has 2 atom stereocenters. The summed E-state index contributed by atoms with van der Waals surface area (Å²) in [5, 5.41) is 8.99. The summed E-state index contributed by atoms with van der Waals surface area (Å²) >= 11 is 0. The minimum absolute atomic E-state index is 0. The predicted octanol–water partition coefficient (Wildman–Crippen LogP) is 3.29. The van der Waals surface area contributed by atoms with E-state index in [2.05, 4.69) is 29.2 Å². The molecule has 4 heterocycles. The fourth-order valence-electron chi connectivity index (χ4n) is 4.28. The van der Waals surface area contributed by atoms with Gasteiger partial charge in [0.15, 0.2) is 5.65 Å². The molecule has 2 aromatic rings. The molecule has 4 rings (SSSR count). The van der Waals surface area contributed by atoms with E-state index in [4.69, 9.17) is 0 Å². The lowest BCUT2D eigenvalue weighted by Crippen LogP contribution is -2.48. The Balaban J connectivity index is 0.00000131. The molecule has 2 unspecified atom stereocenters. The summed E-state index contributed by atoms with van der Waals surface area (Å²) < 4.78 is 1.92.